The summed E-state index contributed by atoms with van der Waals surface area (Å²) < 4.78 is 13.9. The number of thiophene rings is 1. The Labute approximate surface area is 121 Å². The second-order valence-electron chi connectivity index (χ2n) is 4.60. The zero-order chi connectivity index (χ0) is 14.7. The van der Waals surface area contributed by atoms with Crippen molar-refractivity contribution in [2.24, 2.45) is 0 Å². The van der Waals surface area contributed by atoms with E-state index in [2.05, 4.69) is 12.2 Å². The number of nitrogens with one attached hydrogen (secondary N) is 1. The molecule has 3 nitrogen and oxygen atoms in total. The Kier molecular flexibility index (Phi) is 4.39. The van der Waals surface area contributed by atoms with Crippen LogP contribution in [0.2, 0.25) is 0 Å². The minimum Gasteiger partial charge on any atom is -0.399 e. The van der Waals surface area contributed by atoms with Crippen molar-refractivity contribution >= 4 is 22.9 Å². The lowest BCUT2D eigenvalue weighted by Gasteiger charge is -2.09. The van der Waals surface area contributed by atoms with E-state index in [0.29, 0.717) is 17.8 Å². The zero-order valence-electron chi connectivity index (χ0n) is 11.5. The smallest absolute Gasteiger partial charge is 0.254 e. The molecule has 0 spiro atoms. The molecule has 5 heteroatoms. The minimum absolute atomic E-state index is 0.00268. The van der Waals surface area contributed by atoms with Crippen molar-refractivity contribution in [1.82, 2.24) is 5.32 Å². The second-order valence-corrected chi connectivity index (χ2v) is 5.61. The molecule has 20 heavy (non-hydrogen) atoms. The molecule has 2 rings (SSSR count). The molecule has 1 aromatic carbocycles. The van der Waals surface area contributed by atoms with Gasteiger partial charge in [0.05, 0.1) is 12.1 Å². The van der Waals surface area contributed by atoms with E-state index in [0.717, 1.165) is 11.3 Å². The van der Waals surface area contributed by atoms with Gasteiger partial charge in [0, 0.05) is 10.6 Å². The Morgan fingerprint density at radius 3 is 2.90 bits per heavy atom. The van der Waals surface area contributed by atoms with Crippen molar-refractivity contribution in [2.45, 2.75) is 26.8 Å². The number of amides is 1. The lowest BCUT2D eigenvalue weighted by molar-refractivity contribution is 0.0947. The first-order valence-corrected chi connectivity index (χ1v) is 7.30. The van der Waals surface area contributed by atoms with Gasteiger partial charge in [0.1, 0.15) is 5.82 Å². The highest BCUT2D eigenvalue weighted by atomic mass is 32.1. The molecule has 1 amide bonds. The minimum atomic E-state index is -0.515. The third-order valence-electron chi connectivity index (χ3n) is 3.15. The standard InChI is InChI=1S/C15H17FN2OS/c1-3-10-4-5-20-13(10)8-18-15(19)12-7-11(17)6-9(2)14(12)16/h4-7H,3,8,17H2,1-2H3,(H,18,19). The summed E-state index contributed by atoms with van der Waals surface area (Å²) in [6.07, 6.45) is 0.917. The maximum absolute atomic E-state index is 13.9. The van der Waals surface area contributed by atoms with Gasteiger partial charge in [-0.1, -0.05) is 6.92 Å². The van der Waals surface area contributed by atoms with Crippen LogP contribution in [0.5, 0.6) is 0 Å². The Hall–Kier alpha value is -1.88. The number of hydrogen-bond donors (Lipinski definition) is 2. The van der Waals surface area contributed by atoms with Gasteiger partial charge in [-0.2, -0.15) is 0 Å². The van der Waals surface area contributed by atoms with Crippen molar-refractivity contribution in [3.8, 4) is 0 Å². The van der Waals surface area contributed by atoms with E-state index in [4.69, 9.17) is 5.73 Å². The van der Waals surface area contributed by atoms with Crippen molar-refractivity contribution in [2.75, 3.05) is 5.73 Å². The summed E-state index contributed by atoms with van der Waals surface area (Å²) in [5, 5.41) is 4.74. The summed E-state index contributed by atoms with van der Waals surface area (Å²) in [5.74, 6) is -0.952. The quantitative estimate of drug-likeness (QED) is 0.850. The van der Waals surface area contributed by atoms with Gasteiger partial charge >= 0.3 is 0 Å². The summed E-state index contributed by atoms with van der Waals surface area (Å²) >= 11 is 1.59. The van der Waals surface area contributed by atoms with Crippen LogP contribution in [-0.2, 0) is 13.0 Å². The molecular weight excluding hydrogens is 275 g/mol. The highest BCUT2D eigenvalue weighted by molar-refractivity contribution is 7.10. The zero-order valence-corrected chi connectivity index (χ0v) is 12.3. The number of hydrogen-bond acceptors (Lipinski definition) is 3. The average Bonchev–Trinajstić information content (AvgIpc) is 2.87. The van der Waals surface area contributed by atoms with Gasteiger partial charge in [-0.05, 0) is 48.1 Å². The van der Waals surface area contributed by atoms with Gasteiger partial charge < -0.3 is 11.1 Å². The number of nitrogen functional groups attached to an aromatic ring is 1. The summed E-state index contributed by atoms with van der Waals surface area (Å²) in [4.78, 5) is 13.2. The van der Waals surface area contributed by atoms with Gasteiger partial charge in [-0.15, -0.1) is 11.3 Å². The fraction of sp³-hybridized carbons (Fsp3) is 0.267. The normalized spacial score (nSPS) is 10.6. The first-order valence-electron chi connectivity index (χ1n) is 6.42. The van der Waals surface area contributed by atoms with E-state index < -0.39 is 11.7 Å². The molecule has 1 aromatic heterocycles. The monoisotopic (exact) mass is 292 g/mol. The molecule has 0 unspecified atom stereocenters. The van der Waals surface area contributed by atoms with Gasteiger partial charge in [0.2, 0.25) is 0 Å². The molecule has 0 saturated carbocycles. The second kappa shape index (κ2) is 6.05. The van der Waals surface area contributed by atoms with Crippen LogP contribution < -0.4 is 11.1 Å². The van der Waals surface area contributed by atoms with Crippen LogP contribution in [0.25, 0.3) is 0 Å². The number of carbonyl (C=O) groups excluding carboxylic acids is 1. The predicted octanol–water partition coefficient (Wildman–Crippen LogP) is 3.27. The van der Waals surface area contributed by atoms with E-state index in [-0.39, 0.29) is 5.56 Å². The molecule has 0 aliphatic carbocycles. The molecule has 1 heterocycles. The van der Waals surface area contributed by atoms with E-state index in [1.807, 2.05) is 11.4 Å². The first kappa shape index (κ1) is 14.5. The first-order chi connectivity index (χ1) is 9.52. The number of carbonyl (C=O) groups is 1. The highest BCUT2D eigenvalue weighted by Gasteiger charge is 2.15. The SMILES string of the molecule is CCc1ccsc1CNC(=O)c1cc(N)cc(C)c1F. The molecule has 0 aliphatic rings. The lowest BCUT2D eigenvalue weighted by atomic mass is 10.1. The summed E-state index contributed by atoms with van der Waals surface area (Å²) in [5.41, 5.74) is 7.63. The Balaban J connectivity index is 2.13. The molecule has 106 valence electrons. The van der Waals surface area contributed by atoms with Crippen LogP contribution in [0, 0.1) is 12.7 Å². The highest BCUT2D eigenvalue weighted by Crippen LogP contribution is 2.19. The summed E-state index contributed by atoms with van der Waals surface area (Å²) in [6.45, 7) is 4.07. The van der Waals surface area contributed by atoms with Crippen LogP contribution in [0.3, 0.4) is 0 Å². The third-order valence-corrected chi connectivity index (χ3v) is 4.11. The third kappa shape index (κ3) is 2.99. The number of aryl methyl sites for hydroxylation is 2. The molecular formula is C15H17FN2OS. The number of anilines is 1. The van der Waals surface area contributed by atoms with Crippen molar-refractivity contribution in [3.63, 3.8) is 0 Å². The maximum Gasteiger partial charge on any atom is 0.254 e. The van der Waals surface area contributed by atoms with Gasteiger partial charge in [-0.25, -0.2) is 4.39 Å². The van der Waals surface area contributed by atoms with Crippen LogP contribution in [0.4, 0.5) is 10.1 Å². The van der Waals surface area contributed by atoms with Crippen LogP contribution in [-0.4, -0.2) is 5.91 Å². The van der Waals surface area contributed by atoms with E-state index in [1.165, 1.54) is 17.7 Å². The molecule has 2 aromatic rings. The number of nitrogens with two attached hydrogens (primary N) is 1. The fourth-order valence-corrected chi connectivity index (χ4v) is 2.97. The maximum atomic E-state index is 13.9. The van der Waals surface area contributed by atoms with Gasteiger partial charge in [-0.3, -0.25) is 4.79 Å². The van der Waals surface area contributed by atoms with E-state index in [1.54, 1.807) is 18.3 Å². The Morgan fingerprint density at radius 1 is 1.45 bits per heavy atom. The lowest BCUT2D eigenvalue weighted by Crippen LogP contribution is -2.24. The molecule has 0 aliphatic heterocycles. The van der Waals surface area contributed by atoms with E-state index in [9.17, 15) is 9.18 Å². The Morgan fingerprint density at radius 2 is 2.20 bits per heavy atom. The fourth-order valence-electron chi connectivity index (χ4n) is 2.06. The van der Waals surface area contributed by atoms with Gasteiger partial charge in [0.25, 0.3) is 5.91 Å². The molecule has 0 bridgehead atoms. The molecule has 0 saturated heterocycles. The van der Waals surface area contributed by atoms with E-state index >= 15 is 0 Å². The predicted molar refractivity (Wildman–Crippen MR) is 80.4 cm³/mol. The molecule has 0 radical (unpaired) electrons. The summed E-state index contributed by atoms with van der Waals surface area (Å²) in [7, 11) is 0. The largest absolute Gasteiger partial charge is 0.399 e. The van der Waals surface area contributed by atoms with Gasteiger partial charge in [0.15, 0.2) is 0 Å². The molecule has 3 N–H and O–H groups in total. The van der Waals surface area contributed by atoms with Crippen molar-refractivity contribution < 1.29 is 9.18 Å². The number of halogens is 1. The number of rotatable bonds is 4. The summed E-state index contributed by atoms with van der Waals surface area (Å²) in [6, 6.07) is 4.92. The van der Waals surface area contributed by atoms with Crippen LogP contribution >= 0.6 is 11.3 Å². The average molecular weight is 292 g/mol. The van der Waals surface area contributed by atoms with Crippen molar-refractivity contribution in [3.05, 3.63) is 51.0 Å². The topological polar surface area (TPSA) is 55.1 Å². The molecule has 0 atom stereocenters. The number of benzene rings is 1. The van der Waals surface area contributed by atoms with Crippen LogP contribution in [0.15, 0.2) is 23.6 Å². The Bertz CT molecular complexity index is 637. The van der Waals surface area contributed by atoms with Crippen molar-refractivity contribution in [1.29, 1.82) is 0 Å². The van der Waals surface area contributed by atoms with Crippen LogP contribution in [0.1, 0.15) is 33.3 Å². The molecule has 0 fully saturated rings.